The molecule has 1 amide bonds. The van der Waals surface area contributed by atoms with Crippen molar-refractivity contribution in [3.8, 4) is 11.5 Å². The number of ether oxygens (including phenoxy) is 2. The Morgan fingerprint density at radius 1 is 1.07 bits per heavy atom. The Kier molecular flexibility index (Phi) is 4.27. The molecule has 0 radical (unpaired) electrons. The second-order valence-electron chi connectivity index (χ2n) is 6.45. The number of nitrogens with zero attached hydrogens (tertiary/aromatic N) is 2. The maximum absolute atomic E-state index is 12.7. The SMILES string of the molecule is C[C@@H]1Oc2ccccc2O[C@@H]1C(=O)NCc1nn(C)c(=O)c2ccccc12. The molecule has 0 aliphatic carbocycles. The van der Waals surface area contributed by atoms with Crippen molar-refractivity contribution in [1.29, 1.82) is 0 Å². The first-order valence-corrected chi connectivity index (χ1v) is 8.69. The van der Waals surface area contributed by atoms with Crippen molar-refractivity contribution in [2.45, 2.75) is 25.7 Å². The summed E-state index contributed by atoms with van der Waals surface area (Å²) in [6.45, 7) is 1.97. The van der Waals surface area contributed by atoms with E-state index in [1.54, 1.807) is 38.2 Å². The van der Waals surface area contributed by atoms with Crippen LogP contribution in [0.15, 0.2) is 53.3 Å². The summed E-state index contributed by atoms with van der Waals surface area (Å²) in [6, 6.07) is 14.5. The molecule has 0 unspecified atom stereocenters. The zero-order valence-corrected chi connectivity index (χ0v) is 15.0. The Bertz CT molecular complexity index is 1080. The van der Waals surface area contributed by atoms with E-state index < -0.39 is 12.2 Å². The number of aryl methyl sites for hydroxylation is 1. The summed E-state index contributed by atoms with van der Waals surface area (Å²) in [4.78, 5) is 24.9. The number of benzene rings is 2. The molecule has 0 spiro atoms. The molecule has 2 aromatic carbocycles. The fourth-order valence-electron chi connectivity index (χ4n) is 3.18. The molecule has 1 aromatic heterocycles. The first kappa shape index (κ1) is 17.1. The third kappa shape index (κ3) is 3.12. The highest BCUT2D eigenvalue weighted by Gasteiger charge is 2.33. The molecule has 0 bridgehead atoms. The molecule has 2 atom stereocenters. The number of hydrogen-bond acceptors (Lipinski definition) is 5. The molecule has 2 heterocycles. The number of nitrogens with one attached hydrogen (secondary N) is 1. The zero-order chi connectivity index (χ0) is 19.0. The minimum atomic E-state index is -0.765. The fraction of sp³-hybridized carbons (Fsp3) is 0.250. The van der Waals surface area contributed by atoms with Crippen molar-refractivity contribution in [2.75, 3.05) is 0 Å². The lowest BCUT2D eigenvalue weighted by Crippen LogP contribution is -2.48. The lowest BCUT2D eigenvalue weighted by Gasteiger charge is -2.31. The third-order valence-electron chi connectivity index (χ3n) is 4.56. The van der Waals surface area contributed by atoms with Gasteiger partial charge in [-0.15, -0.1) is 0 Å². The average Bonchev–Trinajstić information content (AvgIpc) is 2.69. The standard InChI is InChI=1S/C20H19N3O4/c1-12-18(27-17-10-6-5-9-16(17)26-12)19(24)21-11-15-13-7-3-4-8-14(13)20(25)23(2)22-15/h3-10,12,18H,11H2,1-2H3,(H,21,24)/t12-,18-/m0/s1. The van der Waals surface area contributed by atoms with Crippen molar-refractivity contribution in [3.05, 3.63) is 64.6 Å². The Balaban J connectivity index is 1.54. The molecule has 7 heteroatoms. The maximum Gasteiger partial charge on any atom is 0.274 e. The fourth-order valence-corrected chi connectivity index (χ4v) is 3.18. The minimum absolute atomic E-state index is 0.171. The van der Waals surface area contributed by atoms with E-state index in [0.717, 1.165) is 5.39 Å². The van der Waals surface area contributed by atoms with Crippen LogP contribution in [0.1, 0.15) is 12.6 Å². The predicted octanol–water partition coefficient (Wildman–Crippen LogP) is 1.78. The van der Waals surface area contributed by atoms with Gasteiger partial charge in [-0.2, -0.15) is 5.10 Å². The quantitative estimate of drug-likeness (QED) is 0.765. The highest BCUT2D eigenvalue weighted by atomic mass is 16.6. The van der Waals surface area contributed by atoms with Crippen molar-refractivity contribution in [2.24, 2.45) is 7.05 Å². The van der Waals surface area contributed by atoms with Gasteiger partial charge in [0, 0.05) is 12.4 Å². The number of carbonyl (C=O) groups excluding carboxylic acids is 1. The van der Waals surface area contributed by atoms with E-state index in [1.807, 2.05) is 24.3 Å². The Morgan fingerprint density at radius 2 is 1.70 bits per heavy atom. The molecule has 138 valence electrons. The number of hydrogen-bond donors (Lipinski definition) is 1. The summed E-state index contributed by atoms with van der Waals surface area (Å²) in [5.41, 5.74) is 0.445. The number of carbonyl (C=O) groups is 1. The molecule has 7 nitrogen and oxygen atoms in total. The summed E-state index contributed by atoms with van der Waals surface area (Å²) < 4.78 is 12.9. The van der Waals surface area contributed by atoms with Gasteiger partial charge in [-0.1, -0.05) is 30.3 Å². The number of aromatic nitrogens is 2. The van der Waals surface area contributed by atoms with Crippen LogP contribution < -0.4 is 20.3 Å². The van der Waals surface area contributed by atoms with Crippen LogP contribution >= 0.6 is 0 Å². The van der Waals surface area contributed by atoms with Crippen molar-refractivity contribution >= 4 is 16.7 Å². The van der Waals surface area contributed by atoms with Crippen LogP contribution in [0.2, 0.25) is 0 Å². The molecule has 1 N–H and O–H groups in total. The molecular weight excluding hydrogens is 346 g/mol. The lowest BCUT2D eigenvalue weighted by atomic mass is 10.1. The third-order valence-corrected chi connectivity index (χ3v) is 4.56. The van der Waals surface area contributed by atoms with E-state index in [4.69, 9.17) is 9.47 Å². The van der Waals surface area contributed by atoms with Gasteiger partial charge in [-0.05, 0) is 25.1 Å². The van der Waals surface area contributed by atoms with Crippen LogP contribution in [0.25, 0.3) is 10.8 Å². The van der Waals surface area contributed by atoms with Gasteiger partial charge in [0.15, 0.2) is 11.5 Å². The van der Waals surface area contributed by atoms with Crippen LogP contribution in [-0.4, -0.2) is 27.9 Å². The number of amides is 1. The van der Waals surface area contributed by atoms with Crippen molar-refractivity contribution in [3.63, 3.8) is 0 Å². The maximum atomic E-state index is 12.7. The first-order chi connectivity index (χ1) is 13.0. The van der Waals surface area contributed by atoms with Gasteiger partial charge in [-0.25, -0.2) is 4.68 Å². The largest absolute Gasteiger partial charge is 0.482 e. The van der Waals surface area contributed by atoms with E-state index in [9.17, 15) is 9.59 Å². The van der Waals surface area contributed by atoms with Crippen LogP contribution in [-0.2, 0) is 18.4 Å². The van der Waals surface area contributed by atoms with Gasteiger partial charge in [0.05, 0.1) is 17.6 Å². The van der Waals surface area contributed by atoms with Crippen molar-refractivity contribution in [1.82, 2.24) is 15.1 Å². The number of rotatable bonds is 3. The van der Waals surface area contributed by atoms with Gasteiger partial charge in [-0.3, -0.25) is 9.59 Å². The van der Waals surface area contributed by atoms with E-state index in [0.29, 0.717) is 22.6 Å². The number of para-hydroxylation sites is 2. The Morgan fingerprint density at radius 3 is 2.44 bits per heavy atom. The summed E-state index contributed by atoms with van der Waals surface area (Å²) in [5.74, 6) is 0.873. The zero-order valence-electron chi connectivity index (χ0n) is 15.0. The molecule has 27 heavy (non-hydrogen) atoms. The first-order valence-electron chi connectivity index (χ1n) is 8.69. The van der Waals surface area contributed by atoms with E-state index >= 15 is 0 Å². The van der Waals surface area contributed by atoms with Gasteiger partial charge in [0.25, 0.3) is 11.5 Å². The van der Waals surface area contributed by atoms with Crippen LogP contribution in [0.3, 0.4) is 0 Å². The minimum Gasteiger partial charge on any atom is -0.482 e. The molecule has 0 fully saturated rings. The van der Waals surface area contributed by atoms with Crippen LogP contribution in [0, 0.1) is 0 Å². The summed E-state index contributed by atoms with van der Waals surface area (Å²) >= 11 is 0. The second-order valence-corrected chi connectivity index (χ2v) is 6.45. The smallest absolute Gasteiger partial charge is 0.274 e. The van der Waals surface area contributed by atoms with Gasteiger partial charge < -0.3 is 14.8 Å². The Hall–Kier alpha value is -3.35. The molecule has 1 aliphatic heterocycles. The van der Waals surface area contributed by atoms with Crippen LogP contribution in [0.5, 0.6) is 11.5 Å². The molecule has 3 aromatic rings. The van der Waals surface area contributed by atoms with Gasteiger partial charge in [0.1, 0.15) is 6.10 Å². The summed E-state index contributed by atoms with van der Waals surface area (Å²) in [6.07, 6.45) is -1.19. The predicted molar refractivity (Wildman–Crippen MR) is 99.8 cm³/mol. The summed E-state index contributed by atoms with van der Waals surface area (Å²) in [7, 11) is 1.59. The molecule has 1 aliphatic rings. The lowest BCUT2D eigenvalue weighted by molar-refractivity contribution is -0.133. The highest BCUT2D eigenvalue weighted by Crippen LogP contribution is 2.33. The number of fused-ring (bicyclic) bond motifs is 2. The molecular formula is C20H19N3O4. The second kappa shape index (κ2) is 6.75. The van der Waals surface area contributed by atoms with Crippen LogP contribution in [0.4, 0.5) is 0 Å². The van der Waals surface area contributed by atoms with E-state index in [2.05, 4.69) is 10.4 Å². The molecule has 0 saturated heterocycles. The summed E-state index contributed by atoms with van der Waals surface area (Å²) in [5, 5.41) is 8.43. The monoisotopic (exact) mass is 365 g/mol. The van der Waals surface area contributed by atoms with E-state index in [1.165, 1.54) is 4.68 Å². The average molecular weight is 365 g/mol. The normalized spacial score (nSPS) is 18.3. The Labute approximate surface area is 155 Å². The van der Waals surface area contributed by atoms with E-state index in [-0.39, 0.29) is 18.0 Å². The van der Waals surface area contributed by atoms with Gasteiger partial charge in [0.2, 0.25) is 6.10 Å². The topological polar surface area (TPSA) is 82.4 Å². The van der Waals surface area contributed by atoms with Crippen molar-refractivity contribution < 1.29 is 14.3 Å². The molecule has 0 saturated carbocycles. The van der Waals surface area contributed by atoms with Gasteiger partial charge >= 0.3 is 0 Å². The highest BCUT2D eigenvalue weighted by molar-refractivity contribution is 5.85. The molecule has 4 rings (SSSR count).